The lowest BCUT2D eigenvalue weighted by Crippen LogP contribution is -2.55. The highest BCUT2D eigenvalue weighted by atomic mass is 16.5. The van der Waals surface area contributed by atoms with E-state index in [-0.39, 0.29) is 17.6 Å². The van der Waals surface area contributed by atoms with Gasteiger partial charge in [0.05, 0.1) is 6.54 Å². The Hall–Kier alpha value is -2.28. The zero-order valence-electron chi connectivity index (χ0n) is 18.8. The highest BCUT2D eigenvalue weighted by Gasteiger charge is 2.30. The number of benzene rings is 1. The number of piperazine rings is 1. The van der Waals surface area contributed by atoms with Gasteiger partial charge in [0.25, 0.3) is 5.91 Å². The van der Waals surface area contributed by atoms with Crippen molar-refractivity contribution < 1.29 is 14.3 Å². The molecule has 7 heteroatoms. The molecule has 0 radical (unpaired) electrons. The number of nitrogens with one attached hydrogen (secondary N) is 1. The van der Waals surface area contributed by atoms with Gasteiger partial charge in [-0.15, -0.1) is 0 Å². The van der Waals surface area contributed by atoms with Crippen molar-refractivity contribution in [3.8, 4) is 5.75 Å². The van der Waals surface area contributed by atoms with Gasteiger partial charge in [0.15, 0.2) is 5.96 Å². The van der Waals surface area contributed by atoms with Crippen LogP contribution in [-0.2, 0) is 16.1 Å². The Morgan fingerprint density at radius 1 is 1.20 bits per heavy atom. The van der Waals surface area contributed by atoms with Crippen LogP contribution in [0.1, 0.15) is 46.1 Å². The fourth-order valence-electron chi connectivity index (χ4n) is 3.76. The minimum Gasteiger partial charge on any atom is -0.488 e. The van der Waals surface area contributed by atoms with Crippen LogP contribution in [0.3, 0.4) is 0 Å². The first-order valence-corrected chi connectivity index (χ1v) is 11.1. The average Bonchev–Trinajstić information content (AvgIpc) is 3.25. The lowest BCUT2D eigenvalue weighted by atomic mass is 10.1. The summed E-state index contributed by atoms with van der Waals surface area (Å²) in [6, 6.07) is 8.07. The van der Waals surface area contributed by atoms with E-state index in [4.69, 9.17) is 14.5 Å². The van der Waals surface area contributed by atoms with Gasteiger partial charge in [0.2, 0.25) is 0 Å². The molecule has 2 fully saturated rings. The van der Waals surface area contributed by atoms with E-state index < -0.39 is 0 Å². The fourth-order valence-corrected chi connectivity index (χ4v) is 3.76. The second-order valence-electron chi connectivity index (χ2n) is 8.81. The minimum absolute atomic E-state index is 0.141. The van der Waals surface area contributed by atoms with Gasteiger partial charge in [-0.1, -0.05) is 18.2 Å². The van der Waals surface area contributed by atoms with Crippen LogP contribution in [0.4, 0.5) is 0 Å². The third-order valence-electron chi connectivity index (χ3n) is 5.22. The highest BCUT2D eigenvalue weighted by molar-refractivity contribution is 5.83. The van der Waals surface area contributed by atoms with Gasteiger partial charge in [-0.2, -0.15) is 0 Å². The van der Waals surface area contributed by atoms with Crippen LogP contribution in [0, 0.1) is 0 Å². The number of aliphatic imine (C=N–C) groups is 1. The molecule has 1 aromatic carbocycles. The summed E-state index contributed by atoms with van der Waals surface area (Å²) in [7, 11) is 0. The molecule has 0 aliphatic carbocycles. The summed E-state index contributed by atoms with van der Waals surface area (Å²) in [6.45, 7) is 13.2. The Labute approximate surface area is 180 Å². The van der Waals surface area contributed by atoms with Crippen LogP contribution in [0.2, 0.25) is 0 Å². The van der Waals surface area contributed by atoms with E-state index >= 15 is 0 Å². The Kier molecular flexibility index (Phi) is 7.58. The van der Waals surface area contributed by atoms with E-state index in [0.29, 0.717) is 26.2 Å². The lowest BCUT2D eigenvalue weighted by molar-refractivity contribution is -0.142. The molecule has 2 saturated heterocycles. The molecule has 30 heavy (non-hydrogen) atoms. The van der Waals surface area contributed by atoms with Crippen molar-refractivity contribution in [2.75, 3.05) is 39.3 Å². The zero-order chi connectivity index (χ0) is 21.6. The number of carbonyl (C=O) groups is 1. The summed E-state index contributed by atoms with van der Waals surface area (Å²) in [5.41, 5.74) is 0.811. The molecular weight excluding hydrogens is 380 g/mol. The van der Waals surface area contributed by atoms with Crippen molar-refractivity contribution in [2.24, 2.45) is 4.99 Å². The molecule has 2 aliphatic heterocycles. The van der Waals surface area contributed by atoms with E-state index in [1.165, 1.54) is 0 Å². The van der Waals surface area contributed by atoms with Gasteiger partial charge < -0.3 is 24.6 Å². The summed E-state index contributed by atoms with van der Waals surface area (Å²) >= 11 is 0. The average molecular weight is 417 g/mol. The maximum absolute atomic E-state index is 12.6. The number of para-hydroxylation sites is 1. The third-order valence-corrected chi connectivity index (χ3v) is 5.22. The Morgan fingerprint density at radius 3 is 2.53 bits per heavy atom. The molecular formula is C23H36N4O3. The second-order valence-corrected chi connectivity index (χ2v) is 8.81. The number of ether oxygens (including phenoxy) is 2. The van der Waals surface area contributed by atoms with Crippen molar-refractivity contribution in [1.82, 2.24) is 15.1 Å². The molecule has 1 aromatic rings. The Morgan fingerprint density at radius 2 is 1.90 bits per heavy atom. The van der Waals surface area contributed by atoms with Crippen molar-refractivity contribution in [2.45, 2.75) is 58.8 Å². The smallest absolute Gasteiger partial charge is 0.251 e. The third kappa shape index (κ3) is 6.11. The lowest BCUT2D eigenvalue weighted by Gasteiger charge is -2.37. The number of nitrogens with zero attached hydrogens (tertiary/aromatic N) is 3. The molecule has 1 N–H and O–H groups in total. The number of rotatable bonds is 5. The van der Waals surface area contributed by atoms with E-state index in [2.05, 4.69) is 44.0 Å². The molecule has 2 heterocycles. The summed E-state index contributed by atoms with van der Waals surface area (Å²) in [4.78, 5) is 21.6. The molecule has 1 amide bonds. The van der Waals surface area contributed by atoms with E-state index in [0.717, 1.165) is 49.7 Å². The van der Waals surface area contributed by atoms with Crippen molar-refractivity contribution in [3.05, 3.63) is 29.8 Å². The van der Waals surface area contributed by atoms with E-state index in [9.17, 15) is 4.79 Å². The SMILES string of the molecule is CCNC(=NCc1ccccc1OC(C)(C)C)N1CCN(C(=O)C2CCCO2)CC1. The molecule has 2 aliphatic rings. The first-order chi connectivity index (χ1) is 14.4. The highest BCUT2D eigenvalue weighted by Crippen LogP contribution is 2.24. The predicted octanol–water partition coefficient (Wildman–Crippen LogP) is 2.65. The van der Waals surface area contributed by atoms with Crippen molar-refractivity contribution >= 4 is 11.9 Å². The standard InChI is InChI=1S/C23H36N4O3/c1-5-24-22(25-17-18-9-6-7-10-19(18)30-23(2,3)4)27-14-12-26(13-15-27)21(28)20-11-8-16-29-20/h6-7,9-10,20H,5,8,11-17H2,1-4H3,(H,24,25). The van der Waals surface area contributed by atoms with Crippen LogP contribution in [0.25, 0.3) is 0 Å². The number of amides is 1. The predicted molar refractivity (Wildman–Crippen MR) is 119 cm³/mol. The second kappa shape index (κ2) is 10.2. The topological polar surface area (TPSA) is 66.4 Å². The molecule has 0 aromatic heterocycles. The number of hydrogen-bond donors (Lipinski definition) is 1. The van der Waals surface area contributed by atoms with Gasteiger partial charge >= 0.3 is 0 Å². The summed E-state index contributed by atoms with van der Waals surface area (Å²) in [5.74, 6) is 1.89. The van der Waals surface area contributed by atoms with Gasteiger partial charge in [0, 0.05) is 44.9 Å². The first-order valence-electron chi connectivity index (χ1n) is 11.1. The molecule has 3 rings (SSSR count). The quantitative estimate of drug-likeness (QED) is 0.591. The van der Waals surface area contributed by atoms with Crippen LogP contribution >= 0.6 is 0 Å². The Bertz CT molecular complexity index is 730. The summed E-state index contributed by atoms with van der Waals surface area (Å²) in [6.07, 6.45) is 1.59. The summed E-state index contributed by atoms with van der Waals surface area (Å²) < 4.78 is 11.7. The van der Waals surface area contributed by atoms with Gasteiger partial charge in [-0.25, -0.2) is 4.99 Å². The minimum atomic E-state index is -0.254. The normalized spacial score (nSPS) is 20.4. The van der Waals surface area contributed by atoms with Gasteiger partial charge in [0.1, 0.15) is 17.5 Å². The van der Waals surface area contributed by atoms with Crippen molar-refractivity contribution in [3.63, 3.8) is 0 Å². The molecule has 7 nitrogen and oxygen atoms in total. The molecule has 0 saturated carbocycles. The van der Waals surface area contributed by atoms with Crippen LogP contribution < -0.4 is 10.1 Å². The van der Waals surface area contributed by atoms with Crippen LogP contribution in [-0.4, -0.2) is 72.7 Å². The number of carbonyl (C=O) groups excluding carboxylic acids is 1. The maximum Gasteiger partial charge on any atom is 0.251 e. The molecule has 0 bridgehead atoms. The van der Waals surface area contributed by atoms with E-state index in [1.807, 2.05) is 23.1 Å². The molecule has 1 unspecified atom stereocenters. The molecule has 0 spiro atoms. The Balaban J connectivity index is 1.62. The first kappa shape index (κ1) is 22.4. The molecule has 1 atom stereocenters. The number of guanidine groups is 1. The monoisotopic (exact) mass is 416 g/mol. The maximum atomic E-state index is 12.6. The zero-order valence-corrected chi connectivity index (χ0v) is 18.8. The van der Waals surface area contributed by atoms with Crippen molar-refractivity contribution in [1.29, 1.82) is 0 Å². The van der Waals surface area contributed by atoms with Crippen LogP contribution in [0.5, 0.6) is 5.75 Å². The fraction of sp³-hybridized carbons (Fsp3) is 0.652. The van der Waals surface area contributed by atoms with Crippen LogP contribution in [0.15, 0.2) is 29.3 Å². The van der Waals surface area contributed by atoms with Gasteiger partial charge in [-0.3, -0.25) is 4.79 Å². The van der Waals surface area contributed by atoms with Gasteiger partial charge in [-0.05, 0) is 46.6 Å². The summed E-state index contributed by atoms with van der Waals surface area (Å²) in [5, 5.41) is 3.40. The number of hydrogen-bond acceptors (Lipinski definition) is 4. The molecule has 166 valence electrons. The van der Waals surface area contributed by atoms with E-state index in [1.54, 1.807) is 0 Å². The largest absolute Gasteiger partial charge is 0.488 e.